The summed E-state index contributed by atoms with van der Waals surface area (Å²) in [6.07, 6.45) is 2.74. The summed E-state index contributed by atoms with van der Waals surface area (Å²) >= 11 is 0. The van der Waals surface area contributed by atoms with Gasteiger partial charge in [0.15, 0.2) is 0 Å². The van der Waals surface area contributed by atoms with Crippen LogP contribution in [0.4, 0.5) is 5.69 Å². The number of nitrogens with zero attached hydrogens (tertiary/aromatic N) is 2. The van der Waals surface area contributed by atoms with E-state index in [1.165, 1.54) is 0 Å². The van der Waals surface area contributed by atoms with Crippen LogP contribution in [-0.2, 0) is 9.53 Å². The van der Waals surface area contributed by atoms with Gasteiger partial charge in [-0.15, -0.1) is 0 Å². The van der Waals surface area contributed by atoms with Gasteiger partial charge in [0.25, 0.3) is 0 Å². The number of unbranched alkanes of at least 4 members (excludes halogenated alkanes) is 1. The van der Waals surface area contributed by atoms with E-state index in [1.807, 2.05) is 24.3 Å². The lowest BCUT2D eigenvalue weighted by atomic mass is 10.3. The number of azo groups is 1. The summed E-state index contributed by atoms with van der Waals surface area (Å²) in [4.78, 5) is 10.8. The fraction of sp³-hybridized carbons (Fsp3) is 0.357. The average Bonchev–Trinajstić information content (AvgIpc) is 2.44. The van der Waals surface area contributed by atoms with E-state index in [0.29, 0.717) is 13.2 Å². The van der Waals surface area contributed by atoms with E-state index in [2.05, 4.69) is 16.8 Å². The summed E-state index contributed by atoms with van der Waals surface area (Å²) < 4.78 is 10.4. The molecule has 0 spiro atoms. The molecule has 19 heavy (non-hydrogen) atoms. The fourth-order valence-electron chi connectivity index (χ4n) is 1.35. The Balaban J connectivity index is 2.15. The Kier molecular flexibility index (Phi) is 6.94. The number of rotatable bonds is 8. The van der Waals surface area contributed by atoms with Gasteiger partial charge in [-0.2, -0.15) is 10.2 Å². The largest absolute Gasteiger partial charge is 0.494 e. The SMILES string of the molecule is C=CC(=O)OCCCCOc1ccc(N=NC)cc1. The van der Waals surface area contributed by atoms with Gasteiger partial charge in [-0.1, -0.05) is 6.58 Å². The maximum absolute atomic E-state index is 10.8. The highest BCUT2D eigenvalue weighted by atomic mass is 16.5. The third-order valence-corrected chi connectivity index (χ3v) is 2.27. The summed E-state index contributed by atoms with van der Waals surface area (Å²) in [5.41, 5.74) is 0.797. The lowest BCUT2D eigenvalue weighted by Crippen LogP contribution is -2.04. The van der Waals surface area contributed by atoms with Crippen molar-refractivity contribution in [2.45, 2.75) is 12.8 Å². The van der Waals surface area contributed by atoms with Gasteiger partial charge in [-0.05, 0) is 37.1 Å². The summed E-state index contributed by atoms with van der Waals surface area (Å²) in [7, 11) is 1.63. The van der Waals surface area contributed by atoms with Crippen molar-refractivity contribution in [3.63, 3.8) is 0 Å². The minimum Gasteiger partial charge on any atom is -0.494 e. The average molecular weight is 262 g/mol. The summed E-state index contributed by atoms with van der Waals surface area (Å²) in [6.45, 7) is 4.30. The van der Waals surface area contributed by atoms with Crippen LogP contribution in [0.15, 0.2) is 47.1 Å². The number of benzene rings is 1. The van der Waals surface area contributed by atoms with Crippen molar-refractivity contribution in [2.75, 3.05) is 20.3 Å². The molecule has 5 nitrogen and oxygen atoms in total. The molecule has 0 heterocycles. The maximum Gasteiger partial charge on any atom is 0.330 e. The Bertz CT molecular complexity index is 427. The van der Waals surface area contributed by atoms with Crippen LogP contribution in [0.25, 0.3) is 0 Å². The van der Waals surface area contributed by atoms with E-state index in [4.69, 9.17) is 9.47 Å². The topological polar surface area (TPSA) is 60.2 Å². The van der Waals surface area contributed by atoms with Crippen molar-refractivity contribution in [3.8, 4) is 5.75 Å². The molecule has 0 amide bonds. The van der Waals surface area contributed by atoms with Crippen LogP contribution in [0.1, 0.15) is 12.8 Å². The van der Waals surface area contributed by atoms with Crippen LogP contribution in [0.3, 0.4) is 0 Å². The molecule has 0 bridgehead atoms. The van der Waals surface area contributed by atoms with Crippen molar-refractivity contribution in [3.05, 3.63) is 36.9 Å². The van der Waals surface area contributed by atoms with Crippen LogP contribution in [0.2, 0.25) is 0 Å². The molecule has 0 unspecified atom stereocenters. The van der Waals surface area contributed by atoms with Gasteiger partial charge in [-0.25, -0.2) is 4.79 Å². The molecule has 1 rings (SSSR count). The highest BCUT2D eigenvalue weighted by Gasteiger charge is 1.97. The number of esters is 1. The first-order chi connectivity index (χ1) is 9.26. The minimum atomic E-state index is -0.387. The van der Waals surface area contributed by atoms with Crippen LogP contribution < -0.4 is 4.74 Å². The molecule has 0 aliphatic heterocycles. The second kappa shape index (κ2) is 8.85. The Morgan fingerprint density at radius 3 is 2.58 bits per heavy atom. The van der Waals surface area contributed by atoms with Crippen LogP contribution >= 0.6 is 0 Å². The van der Waals surface area contributed by atoms with E-state index in [0.717, 1.165) is 30.4 Å². The smallest absolute Gasteiger partial charge is 0.330 e. The molecule has 0 radical (unpaired) electrons. The molecule has 1 aromatic carbocycles. The zero-order chi connectivity index (χ0) is 13.9. The van der Waals surface area contributed by atoms with Crippen LogP contribution in [-0.4, -0.2) is 26.2 Å². The van der Waals surface area contributed by atoms with Crippen molar-refractivity contribution >= 4 is 11.7 Å². The molecule has 0 aromatic heterocycles. The Hall–Kier alpha value is -2.17. The number of carbonyl (C=O) groups is 1. The fourth-order valence-corrected chi connectivity index (χ4v) is 1.35. The monoisotopic (exact) mass is 262 g/mol. The van der Waals surface area contributed by atoms with E-state index in [1.54, 1.807) is 7.05 Å². The number of carbonyl (C=O) groups excluding carboxylic acids is 1. The first-order valence-corrected chi connectivity index (χ1v) is 6.08. The maximum atomic E-state index is 10.8. The van der Waals surface area contributed by atoms with Crippen molar-refractivity contribution < 1.29 is 14.3 Å². The molecule has 0 aliphatic rings. The van der Waals surface area contributed by atoms with E-state index in [-0.39, 0.29) is 5.97 Å². The first-order valence-electron chi connectivity index (χ1n) is 6.08. The number of hydrogen-bond donors (Lipinski definition) is 0. The summed E-state index contributed by atoms with van der Waals surface area (Å²) in [5, 5.41) is 7.59. The molecular weight excluding hydrogens is 244 g/mol. The molecule has 0 atom stereocenters. The normalized spacial score (nSPS) is 10.4. The molecule has 0 N–H and O–H groups in total. The summed E-state index contributed by atoms with van der Waals surface area (Å²) in [6, 6.07) is 7.38. The van der Waals surface area contributed by atoms with Crippen molar-refractivity contribution in [1.29, 1.82) is 0 Å². The number of hydrogen-bond acceptors (Lipinski definition) is 5. The molecule has 0 saturated heterocycles. The van der Waals surface area contributed by atoms with E-state index in [9.17, 15) is 4.79 Å². The van der Waals surface area contributed by atoms with Crippen molar-refractivity contribution in [2.24, 2.45) is 10.2 Å². The van der Waals surface area contributed by atoms with Crippen LogP contribution in [0, 0.1) is 0 Å². The van der Waals surface area contributed by atoms with Gasteiger partial charge in [0.1, 0.15) is 5.75 Å². The summed E-state index contributed by atoms with van der Waals surface area (Å²) in [5.74, 6) is 0.403. The van der Waals surface area contributed by atoms with Gasteiger partial charge < -0.3 is 9.47 Å². The minimum absolute atomic E-state index is 0.387. The van der Waals surface area contributed by atoms with Crippen LogP contribution in [0.5, 0.6) is 5.75 Å². The lowest BCUT2D eigenvalue weighted by Gasteiger charge is -2.06. The predicted octanol–water partition coefficient (Wildman–Crippen LogP) is 3.29. The zero-order valence-electron chi connectivity index (χ0n) is 11.0. The third-order valence-electron chi connectivity index (χ3n) is 2.27. The zero-order valence-corrected chi connectivity index (χ0v) is 11.0. The molecule has 0 saturated carbocycles. The standard InChI is InChI=1S/C14H18N2O3/c1-3-14(17)19-11-5-4-10-18-13-8-6-12(7-9-13)16-15-2/h3,6-9H,1,4-5,10-11H2,2H3. The quantitative estimate of drug-likeness (QED) is 0.312. The van der Waals surface area contributed by atoms with Crippen molar-refractivity contribution in [1.82, 2.24) is 0 Å². The molecular formula is C14H18N2O3. The molecule has 5 heteroatoms. The third kappa shape index (κ3) is 6.35. The van der Waals surface area contributed by atoms with Gasteiger partial charge >= 0.3 is 5.97 Å². The highest BCUT2D eigenvalue weighted by molar-refractivity contribution is 5.81. The highest BCUT2D eigenvalue weighted by Crippen LogP contribution is 2.18. The van der Waals surface area contributed by atoms with Gasteiger partial charge in [0, 0.05) is 13.1 Å². The molecule has 1 aromatic rings. The van der Waals surface area contributed by atoms with Gasteiger partial charge in [-0.3, -0.25) is 0 Å². The lowest BCUT2D eigenvalue weighted by molar-refractivity contribution is -0.137. The molecule has 0 fully saturated rings. The van der Waals surface area contributed by atoms with E-state index < -0.39 is 0 Å². The second-order valence-electron chi connectivity index (χ2n) is 3.72. The Morgan fingerprint density at radius 1 is 1.26 bits per heavy atom. The van der Waals surface area contributed by atoms with Gasteiger partial charge in [0.2, 0.25) is 0 Å². The second-order valence-corrected chi connectivity index (χ2v) is 3.72. The Morgan fingerprint density at radius 2 is 1.95 bits per heavy atom. The first kappa shape index (κ1) is 14.9. The molecule has 102 valence electrons. The number of ether oxygens (including phenoxy) is 2. The molecule has 0 aliphatic carbocycles. The van der Waals surface area contributed by atoms with Gasteiger partial charge in [0.05, 0.1) is 18.9 Å². The Labute approximate surface area is 112 Å². The predicted molar refractivity (Wildman–Crippen MR) is 72.8 cm³/mol. The van der Waals surface area contributed by atoms with E-state index >= 15 is 0 Å².